The molecular weight excluding hydrogens is 380 g/mol. The van der Waals surface area contributed by atoms with E-state index in [1.54, 1.807) is 55.1 Å². The molecule has 0 unspecified atom stereocenters. The molecule has 0 atom stereocenters. The molecule has 0 amide bonds. The van der Waals surface area contributed by atoms with Gasteiger partial charge in [0.25, 0.3) is 0 Å². The third-order valence-electron chi connectivity index (χ3n) is 4.34. The summed E-state index contributed by atoms with van der Waals surface area (Å²) in [5, 5.41) is 4.49. The molecule has 8 heteroatoms. The predicted molar refractivity (Wildman–Crippen MR) is 103 cm³/mol. The molecule has 0 aliphatic heterocycles. The van der Waals surface area contributed by atoms with Crippen LogP contribution in [-0.4, -0.2) is 34.0 Å². The fourth-order valence-corrected chi connectivity index (χ4v) is 3.15. The Balaban J connectivity index is 2.15. The average Bonchev–Trinajstić information content (AvgIpc) is 3.05. The van der Waals surface area contributed by atoms with Crippen LogP contribution in [0.4, 0.5) is 8.78 Å². The van der Waals surface area contributed by atoms with Crippen LogP contribution in [0.3, 0.4) is 0 Å². The zero-order chi connectivity index (χ0) is 21.0. The highest BCUT2D eigenvalue weighted by atomic mass is 19.3. The van der Waals surface area contributed by atoms with Crippen molar-refractivity contribution in [1.29, 1.82) is 0 Å². The standard InChI is InChI=1S/C21H21F2N3O3/c1-4-17-19(20(27)28-5-2)13(3)25-26(17)14-9-10-18(29-21(22)23)15(12-14)16-8-6-7-11-24-16/h6-12,21H,4-5H2,1-3H3. The highest BCUT2D eigenvalue weighted by Crippen LogP contribution is 2.33. The molecule has 3 aromatic rings. The molecule has 1 aromatic carbocycles. The van der Waals surface area contributed by atoms with E-state index in [1.807, 2.05) is 6.92 Å². The van der Waals surface area contributed by atoms with E-state index in [0.717, 1.165) is 0 Å². The lowest BCUT2D eigenvalue weighted by molar-refractivity contribution is -0.0494. The van der Waals surface area contributed by atoms with Crippen molar-refractivity contribution in [1.82, 2.24) is 14.8 Å². The third-order valence-corrected chi connectivity index (χ3v) is 4.34. The number of hydrogen-bond donors (Lipinski definition) is 0. The van der Waals surface area contributed by atoms with Gasteiger partial charge in [0.05, 0.1) is 29.4 Å². The Labute approximate surface area is 167 Å². The third kappa shape index (κ3) is 4.26. The maximum atomic E-state index is 12.9. The number of carbonyl (C=O) groups is 1. The van der Waals surface area contributed by atoms with Crippen LogP contribution in [-0.2, 0) is 11.2 Å². The van der Waals surface area contributed by atoms with Crippen LogP contribution in [0.2, 0.25) is 0 Å². The Morgan fingerprint density at radius 3 is 2.62 bits per heavy atom. The maximum absolute atomic E-state index is 12.9. The fourth-order valence-electron chi connectivity index (χ4n) is 3.15. The number of hydrogen-bond acceptors (Lipinski definition) is 5. The van der Waals surface area contributed by atoms with Crippen molar-refractivity contribution in [2.75, 3.05) is 6.61 Å². The van der Waals surface area contributed by atoms with Crippen LogP contribution in [0.25, 0.3) is 16.9 Å². The van der Waals surface area contributed by atoms with Gasteiger partial charge in [0.15, 0.2) is 0 Å². The van der Waals surface area contributed by atoms with E-state index in [9.17, 15) is 13.6 Å². The second-order valence-electron chi connectivity index (χ2n) is 6.17. The minimum absolute atomic E-state index is 0.00925. The number of aryl methyl sites for hydroxylation is 1. The number of halogens is 2. The Bertz CT molecular complexity index is 1000. The minimum Gasteiger partial charge on any atom is -0.462 e. The maximum Gasteiger partial charge on any atom is 0.387 e. The van der Waals surface area contributed by atoms with E-state index >= 15 is 0 Å². The minimum atomic E-state index is -2.96. The molecule has 0 bridgehead atoms. The number of nitrogens with zero attached hydrogens (tertiary/aromatic N) is 3. The Morgan fingerprint density at radius 2 is 2.00 bits per heavy atom. The molecule has 6 nitrogen and oxygen atoms in total. The summed E-state index contributed by atoms with van der Waals surface area (Å²) in [6, 6.07) is 9.93. The zero-order valence-electron chi connectivity index (χ0n) is 16.4. The van der Waals surface area contributed by atoms with Crippen LogP contribution < -0.4 is 4.74 Å². The van der Waals surface area contributed by atoms with Crippen LogP contribution in [0, 0.1) is 6.92 Å². The van der Waals surface area contributed by atoms with Crippen LogP contribution in [0.15, 0.2) is 42.6 Å². The first-order valence-electron chi connectivity index (χ1n) is 9.22. The van der Waals surface area contributed by atoms with Gasteiger partial charge in [0, 0.05) is 11.8 Å². The van der Waals surface area contributed by atoms with E-state index in [4.69, 9.17) is 4.74 Å². The molecule has 29 heavy (non-hydrogen) atoms. The number of esters is 1. The van der Waals surface area contributed by atoms with Gasteiger partial charge >= 0.3 is 12.6 Å². The summed E-state index contributed by atoms with van der Waals surface area (Å²) in [5.41, 5.74) is 3.11. The van der Waals surface area contributed by atoms with Crippen molar-refractivity contribution < 1.29 is 23.0 Å². The van der Waals surface area contributed by atoms with Crippen LogP contribution in [0.1, 0.15) is 35.6 Å². The molecular formula is C21H21F2N3O3. The second kappa shape index (κ2) is 8.81. The molecule has 0 N–H and O–H groups in total. The molecule has 2 heterocycles. The first-order chi connectivity index (χ1) is 14.0. The van der Waals surface area contributed by atoms with Gasteiger partial charge < -0.3 is 9.47 Å². The summed E-state index contributed by atoms with van der Waals surface area (Å²) < 4.78 is 37.2. The molecule has 3 rings (SSSR count). The van der Waals surface area contributed by atoms with Crippen molar-refractivity contribution in [3.63, 3.8) is 0 Å². The molecule has 0 aliphatic rings. The topological polar surface area (TPSA) is 66.2 Å². The summed E-state index contributed by atoms with van der Waals surface area (Å²) >= 11 is 0. The lowest BCUT2D eigenvalue weighted by Gasteiger charge is -2.14. The van der Waals surface area contributed by atoms with Gasteiger partial charge in [-0.2, -0.15) is 13.9 Å². The number of pyridine rings is 1. The van der Waals surface area contributed by atoms with E-state index in [0.29, 0.717) is 40.3 Å². The molecule has 0 fully saturated rings. The Hall–Kier alpha value is -3.29. The molecule has 0 radical (unpaired) electrons. The number of carbonyl (C=O) groups excluding carboxylic acids is 1. The van der Waals surface area contributed by atoms with E-state index in [2.05, 4.69) is 14.8 Å². The summed E-state index contributed by atoms with van der Waals surface area (Å²) in [4.78, 5) is 16.6. The van der Waals surface area contributed by atoms with Crippen molar-refractivity contribution in [3.05, 3.63) is 59.5 Å². The van der Waals surface area contributed by atoms with Gasteiger partial charge in [-0.15, -0.1) is 0 Å². The quantitative estimate of drug-likeness (QED) is 0.542. The van der Waals surface area contributed by atoms with Crippen molar-refractivity contribution in [2.24, 2.45) is 0 Å². The fraction of sp³-hybridized carbons (Fsp3) is 0.286. The number of alkyl halides is 2. The monoisotopic (exact) mass is 401 g/mol. The molecule has 0 aliphatic carbocycles. The first kappa shape index (κ1) is 20.4. The Kier molecular flexibility index (Phi) is 6.21. The van der Waals surface area contributed by atoms with Crippen molar-refractivity contribution in [3.8, 4) is 22.7 Å². The van der Waals surface area contributed by atoms with Gasteiger partial charge in [-0.3, -0.25) is 4.98 Å². The number of aromatic nitrogens is 3. The molecule has 152 valence electrons. The summed E-state index contributed by atoms with van der Waals surface area (Å²) in [7, 11) is 0. The van der Waals surface area contributed by atoms with Gasteiger partial charge in [-0.1, -0.05) is 13.0 Å². The van der Waals surface area contributed by atoms with E-state index < -0.39 is 12.6 Å². The van der Waals surface area contributed by atoms with E-state index in [1.165, 1.54) is 6.07 Å². The zero-order valence-corrected chi connectivity index (χ0v) is 16.4. The highest BCUT2D eigenvalue weighted by molar-refractivity contribution is 5.92. The summed E-state index contributed by atoms with van der Waals surface area (Å²) in [5.74, 6) is -0.425. The highest BCUT2D eigenvalue weighted by Gasteiger charge is 2.23. The predicted octanol–water partition coefficient (Wildman–Crippen LogP) is 4.58. The number of rotatable bonds is 7. The average molecular weight is 401 g/mol. The number of ether oxygens (including phenoxy) is 2. The summed E-state index contributed by atoms with van der Waals surface area (Å²) in [6.07, 6.45) is 2.10. The van der Waals surface area contributed by atoms with Gasteiger partial charge in [-0.25, -0.2) is 9.48 Å². The molecule has 0 saturated heterocycles. The lowest BCUT2D eigenvalue weighted by Crippen LogP contribution is -2.10. The van der Waals surface area contributed by atoms with Gasteiger partial charge in [-0.05, 0) is 50.6 Å². The molecule has 2 aromatic heterocycles. The van der Waals surface area contributed by atoms with Crippen molar-refractivity contribution in [2.45, 2.75) is 33.8 Å². The second-order valence-corrected chi connectivity index (χ2v) is 6.17. The molecule has 0 spiro atoms. The smallest absolute Gasteiger partial charge is 0.387 e. The van der Waals surface area contributed by atoms with Crippen LogP contribution in [0.5, 0.6) is 5.75 Å². The normalized spacial score (nSPS) is 11.0. The van der Waals surface area contributed by atoms with Crippen LogP contribution >= 0.6 is 0 Å². The first-order valence-corrected chi connectivity index (χ1v) is 9.22. The number of benzene rings is 1. The molecule has 0 saturated carbocycles. The Morgan fingerprint density at radius 1 is 1.21 bits per heavy atom. The largest absolute Gasteiger partial charge is 0.462 e. The lowest BCUT2D eigenvalue weighted by atomic mass is 10.1. The van der Waals surface area contributed by atoms with Crippen molar-refractivity contribution >= 4 is 5.97 Å². The van der Waals surface area contributed by atoms with Gasteiger partial charge in [0.2, 0.25) is 0 Å². The summed E-state index contributed by atoms with van der Waals surface area (Å²) in [6.45, 7) is 2.68. The van der Waals surface area contributed by atoms with E-state index in [-0.39, 0.29) is 12.4 Å². The SMILES string of the molecule is CCOC(=O)c1c(C)nn(-c2ccc(OC(F)F)c(-c3ccccn3)c2)c1CC. The van der Waals surface area contributed by atoms with Gasteiger partial charge in [0.1, 0.15) is 11.3 Å².